The summed E-state index contributed by atoms with van der Waals surface area (Å²) in [7, 11) is 0. The van der Waals surface area contributed by atoms with Crippen LogP contribution in [0.25, 0.3) is 5.69 Å². The van der Waals surface area contributed by atoms with E-state index in [9.17, 15) is 4.79 Å². The van der Waals surface area contributed by atoms with Gasteiger partial charge in [-0.3, -0.25) is 9.36 Å². The van der Waals surface area contributed by atoms with Crippen molar-refractivity contribution < 1.29 is 9.53 Å². The second-order valence-corrected chi connectivity index (χ2v) is 6.03. The lowest BCUT2D eigenvalue weighted by atomic mass is 10.2. The van der Waals surface area contributed by atoms with Gasteiger partial charge < -0.3 is 4.74 Å². The Morgan fingerprint density at radius 3 is 2.90 bits per heavy atom. The van der Waals surface area contributed by atoms with Crippen LogP contribution < -0.4 is 0 Å². The lowest BCUT2D eigenvalue weighted by Crippen LogP contribution is -2.11. The van der Waals surface area contributed by atoms with E-state index in [1.165, 1.54) is 11.8 Å². The third kappa shape index (κ3) is 2.43. The number of para-hydroxylation sites is 1. The molecule has 20 heavy (non-hydrogen) atoms. The lowest BCUT2D eigenvalue weighted by molar-refractivity contribution is -0.140. The average molecular weight is 289 g/mol. The molecular weight excluding hydrogens is 274 g/mol. The molecule has 1 saturated heterocycles. The molecule has 1 fully saturated rings. The molecule has 3 rings (SSSR count). The summed E-state index contributed by atoms with van der Waals surface area (Å²) in [5, 5.41) is 8.61. The molecule has 0 radical (unpaired) electrons. The van der Waals surface area contributed by atoms with Gasteiger partial charge in [-0.15, -0.1) is 10.2 Å². The smallest absolute Gasteiger partial charge is 0.319 e. The van der Waals surface area contributed by atoms with Gasteiger partial charge in [0.15, 0.2) is 5.16 Å². The van der Waals surface area contributed by atoms with Crippen molar-refractivity contribution in [2.75, 3.05) is 0 Å². The number of carbonyl (C=O) groups excluding carboxylic acids is 1. The van der Waals surface area contributed by atoms with Gasteiger partial charge in [0.1, 0.15) is 17.7 Å². The third-order valence-corrected chi connectivity index (χ3v) is 4.42. The van der Waals surface area contributed by atoms with Crippen LogP contribution in [0.5, 0.6) is 0 Å². The Labute approximate surface area is 121 Å². The van der Waals surface area contributed by atoms with Gasteiger partial charge in [0.2, 0.25) is 0 Å². The summed E-state index contributed by atoms with van der Waals surface area (Å²) in [6, 6.07) is 8.02. The summed E-state index contributed by atoms with van der Waals surface area (Å²) < 4.78 is 7.09. The monoisotopic (exact) mass is 289 g/mol. The van der Waals surface area contributed by atoms with Gasteiger partial charge in [0, 0.05) is 6.42 Å². The molecule has 0 N–H and O–H groups in total. The van der Waals surface area contributed by atoms with Crippen LogP contribution in [0, 0.1) is 6.92 Å². The van der Waals surface area contributed by atoms with Crippen molar-refractivity contribution in [2.45, 2.75) is 36.8 Å². The van der Waals surface area contributed by atoms with E-state index in [4.69, 9.17) is 4.74 Å². The molecule has 0 saturated carbocycles. The van der Waals surface area contributed by atoms with E-state index in [1.807, 2.05) is 42.7 Å². The fourth-order valence-corrected chi connectivity index (χ4v) is 3.37. The number of aromatic nitrogens is 3. The first-order valence-corrected chi connectivity index (χ1v) is 7.36. The number of cyclic esters (lactones) is 1. The lowest BCUT2D eigenvalue weighted by Gasteiger charge is -2.10. The standard InChI is InChI=1S/C14H15N3O2S/c1-9-5-3-4-6-11(9)17-8-15-16-14(17)20-12-7-10(2)19-13(12)18/h3-6,8,10,12H,7H2,1-2H3/t10-,12+/m0/s1. The Morgan fingerprint density at radius 1 is 1.40 bits per heavy atom. The molecule has 6 heteroatoms. The molecule has 1 aliphatic heterocycles. The Hall–Kier alpha value is -1.82. The number of ether oxygens (including phenoxy) is 1. The number of esters is 1. The summed E-state index contributed by atoms with van der Waals surface area (Å²) >= 11 is 1.41. The Morgan fingerprint density at radius 2 is 2.20 bits per heavy atom. The van der Waals surface area contributed by atoms with E-state index < -0.39 is 0 Å². The van der Waals surface area contributed by atoms with Gasteiger partial charge in [0.05, 0.1) is 5.69 Å². The SMILES string of the molecule is Cc1ccccc1-n1cnnc1S[C@@H]1C[C@H](C)OC1=O. The third-order valence-electron chi connectivity index (χ3n) is 3.27. The van der Waals surface area contributed by atoms with Crippen LogP contribution in [-0.2, 0) is 9.53 Å². The highest BCUT2D eigenvalue weighted by molar-refractivity contribution is 8.00. The van der Waals surface area contributed by atoms with Gasteiger partial charge in [-0.2, -0.15) is 0 Å². The molecule has 0 aliphatic carbocycles. The summed E-state index contributed by atoms with van der Waals surface area (Å²) in [4.78, 5) is 11.7. The van der Waals surface area contributed by atoms with Gasteiger partial charge in [-0.1, -0.05) is 30.0 Å². The van der Waals surface area contributed by atoms with Crippen molar-refractivity contribution >= 4 is 17.7 Å². The molecule has 2 atom stereocenters. The highest BCUT2D eigenvalue weighted by Gasteiger charge is 2.34. The van der Waals surface area contributed by atoms with E-state index in [2.05, 4.69) is 10.2 Å². The quantitative estimate of drug-likeness (QED) is 0.812. The fourth-order valence-electron chi connectivity index (χ4n) is 2.25. The van der Waals surface area contributed by atoms with E-state index in [-0.39, 0.29) is 17.3 Å². The minimum atomic E-state index is -0.197. The largest absolute Gasteiger partial charge is 0.462 e. The molecule has 2 heterocycles. The van der Waals surface area contributed by atoms with Crippen LogP contribution in [-0.4, -0.2) is 32.1 Å². The van der Waals surface area contributed by atoms with Crippen LogP contribution in [0.3, 0.4) is 0 Å². The molecular formula is C14H15N3O2S. The number of hydrogen-bond donors (Lipinski definition) is 0. The first-order chi connectivity index (χ1) is 9.65. The molecule has 1 aliphatic rings. The normalized spacial score (nSPS) is 22.0. The van der Waals surface area contributed by atoms with E-state index in [0.29, 0.717) is 6.42 Å². The summed E-state index contributed by atoms with van der Waals surface area (Å²) in [5.41, 5.74) is 2.16. The highest BCUT2D eigenvalue weighted by atomic mass is 32.2. The van der Waals surface area contributed by atoms with Crippen LogP contribution in [0.1, 0.15) is 18.9 Å². The number of rotatable bonds is 3. The molecule has 0 unspecified atom stereocenters. The topological polar surface area (TPSA) is 57.0 Å². The number of hydrogen-bond acceptors (Lipinski definition) is 5. The maximum Gasteiger partial charge on any atom is 0.319 e. The second kappa shape index (κ2) is 5.28. The van der Waals surface area contributed by atoms with Crippen molar-refractivity contribution in [2.24, 2.45) is 0 Å². The second-order valence-electron chi connectivity index (χ2n) is 4.86. The highest BCUT2D eigenvalue weighted by Crippen LogP contribution is 2.32. The Bertz CT molecular complexity index is 641. The zero-order valence-corrected chi connectivity index (χ0v) is 12.1. The Kier molecular flexibility index (Phi) is 3.48. The number of benzene rings is 1. The first kappa shape index (κ1) is 13.2. The zero-order valence-electron chi connectivity index (χ0n) is 11.3. The summed E-state index contributed by atoms with van der Waals surface area (Å²) in [5.74, 6) is -0.165. The Balaban J connectivity index is 1.88. The molecule has 0 spiro atoms. The van der Waals surface area contributed by atoms with Crippen LogP contribution in [0.4, 0.5) is 0 Å². The van der Waals surface area contributed by atoms with Gasteiger partial charge in [-0.25, -0.2) is 0 Å². The van der Waals surface area contributed by atoms with Crippen molar-refractivity contribution in [3.8, 4) is 5.69 Å². The number of carbonyl (C=O) groups is 1. The van der Waals surface area contributed by atoms with Crippen LogP contribution in [0.15, 0.2) is 35.7 Å². The molecule has 104 valence electrons. The summed E-state index contributed by atoms with van der Waals surface area (Å²) in [6.45, 7) is 3.94. The molecule has 1 aromatic heterocycles. The minimum Gasteiger partial charge on any atom is -0.462 e. The minimum absolute atomic E-state index is 0.0187. The van der Waals surface area contributed by atoms with Crippen LogP contribution >= 0.6 is 11.8 Å². The van der Waals surface area contributed by atoms with Crippen molar-refractivity contribution in [3.05, 3.63) is 36.2 Å². The maximum absolute atomic E-state index is 11.7. The van der Waals surface area contributed by atoms with Crippen molar-refractivity contribution in [3.63, 3.8) is 0 Å². The number of aryl methyl sites for hydroxylation is 1. The molecule has 5 nitrogen and oxygen atoms in total. The molecule has 0 amide bonds. The predicted octanol–water partition coefficient (Wildman–Crippen LogP) is 2.37. The first-order valence-electron chi connectivity index (χ1n) is 6.48. The molecule has 1 aromatic carbocycles. The number of nitrogens with zero attached hydrogens (tertiary/aromatic N) is 3. The predicted molar refractivity (Wildman–Crippen MR) is 75.9 cm³/mol. The summed E-state index contributed by atoms with van der Waals surface area (Å²) in [6.07, 6.45) is 2.37. The van der Waals surface area contributed by atoms with Crippen molar-refractivity contribution in [1.29, 1.82) is 0 Å². The fraction of sp³-hybridized carbons (Fsp3) is 0.357. The molecule has 2 aromatic rings. The van der Waals surface area contributed by atoms with Crippen LogP contribution in [0.2, 0.25) is 0 Å². The molecule has 0 bridgehead atoms. The van der Waals surface area contributed by atoms with Crippen molar-refractivity contribution in [1.82, 2.24) is 14.8 Å². The van der Waals surface area contributed by atoms with Gasteiger partial charge in [0.25, 0.3) is 0 Å². The van der Waals surface area contributed by atoms with E-state index in [1.54, 1.807) is 6.33 Å². The van der Waals surface area contributed by atoms with E-state index in [0.717, 1.165) is 16.4 Å². The maximum atomic E-state index is 11.7. The van der Waals surface area contributed by atoms with E-state index >= 15 is 0 Å². The number of thioether (sulfide) groups is 1. The average Bonchev–Trinajstić information content (AvgIpc) is 2.98. The van der Waals surface area contributed by atoms with Gasteiger partial charge in [-0.05, 0) is 25.5 Å². The van der Waals surface area contributed by atoms with Gasteiger partial charge >= 0.3 is 5.97 Å². The zero-order chi connectivity index (χ0) is 14.1.